The van der Waals surface area contributed by atoms with E-state index in [1.807, 2.05) is 13.8 Å². The van der Waals surface area contributed by atoms with Crippen LogP contribution < -0.4 is 5.32 Å². The minimum absolute atomic E-state index is 0.0661. The molecule has 0 bridgehead atoms. The van der Waals surface area contributed by atoms with E-state index in [9.17, 15) is 9.59 Å². The first kappa shape index (κ1) is 11.5. The van der Waals surface area contributed by atoms with Gasteiger partial charge < -0.3 is 9.88 Å². The number of nitrogens with zero attached hydrogens (tertiary/aromatic N) is 1. The van der Waals surface area contributed by atoms with Crippen molar-refractivity contribution < 1.29 is 9.59 Å². The number of carbonyl (C=O) groups excluding carboxylic acids is 2. The molecule has 1 heterocycles. The molecule has 0 saturated heterocycles. The van der Waals surface area contributed by atoms with Crippen LogP contribution in [0.1, 0.15) is 30.8 Å². The van der Waals surface area contributed by atoms with Crippen LogP contribution in [0.3, 0.4) is 0 Å². The lowest BCUT2D eigenvalue weighted by atomic mass is 10.2. The normalized spacial score (nSPS) is 12.1. The third kappa shape index (κ3) is 3.23. The molecule has 4 heteroatoms. The molecule has 1 aromatic heterocycles. The summed E-state index contributed by atoms with van der Waals surface area (Å²) < 4.78 is 1.63. The Hall–Kier alpha value is -1.58. The first-order chi connectivity index (χ1) is 7.17. The predicted octanol–water partition coefficient (Wildman–Crippen LogP) is 1.22. The van der Waals surface area contributed by atoms with E-state index in [2.05, 4.69) is 5.32 Å². The maximum atomic E-state index is 11.5. The van der Waals surface area contributed by atoms with Gasteiger partial charge in [-0.2, -0.15) is 0 Å². The van der Waals surface area contributed by atoms with Gasteiger partial charge in [0.05, 0.1) is 5.69 Å². The highest BCUT2D eigenvalue weighted by Crippen LogP contribution is 1.99. The quantitative estimate of drug-likeness (QED) is 0.739. The van der Waals surface area contributed by atoms with Gasteiger partial charge in [0.25, 0.3) is 0 Å². The van der Waals surface area contributed by atoms with E-state index in [1.165, 1.54) is 0 Å². The van der Waals surface area contributed by atoms with E-state index < -0.39 is 0 Å². The Bertz CT molecular complexity index is 344. The summed E-state index contributed by atoms with van der Waals surface area (Å²) in [6, 6.07) is 3.61. The Morgan fingerprint density at radius 2 is 2.40 bits per heavy atom. The molecule has 0 aliphatic rings. The fourth-order valence-electron chi connectivity index (χ4n) is 1.26. The van der Waals surface area contributed by atoms with E-state index in [0.717, 1.165) is 12.7 Å². The summed E-state index contributed by atoms with van der Waals surface area (Å²) in [6.45, 7) is 4.16. The van der Waals surface area contributed by atoms with Crippen LogP contribution in [0.5, 0.6) is 0 Å². The zero-order valence-electron chi connectivity index (χ0n) is 9.06. The average molecular weight is 208 g/mol. The zero-order chi connectivity index (χ0) is 11.3. The van der Waals surface area contributed by atoms with Crippen LogP contribution in [-0.2, 0) is 11.3 Å². The SMILES string of the molecule is CCC(C)NC(=O)Cn1cccc1C=O. The molecule has 1 N–H and O–H groups in total. The average Bonchev–Trinajstić information content (AvgIpc) is 2.64. The molecule has 1 unspecified atom stereocenters. The van der Waals surface area contributed by atoms with Gasteiger partial charge in [0, 0.05) is 12.2 Å². The number of hydrogen-bond acceptors (Lipinski definition) is 2. The Morgan fingerprint density at radius 1 is 1.67 bits per heavy atom. The molecule has 82 valence electrons. The maximum absolute atomic E-state index is 11.5. The Labute approximate surface area is 89.3 Å². The van der Waals surface area contributed by atoms with Crippen LogP contribution in [-0.4, -0.2) is 22.8 Å². The van der Waals surface area contributed by atoms with Gasteiger partial charge in [-0.1, -0.05) is 6.92 Å². The van der Waals surface area contributed by atoms with Gasteiger partial charge in [-0.05, 0) is 25.5 Å². The summed E-state index contributed by atoms with van der Waals surface area (Å²) in [7, 11) is 0. The van der Waals surface area contributed by atoms with E-state index in [1.54, 1.807) is 22.9 Å². The van der Waals surface area contributed by atoms with Gasteiger partial charge in [-0.25, -0.2) is 0 Å². The minimum Gasteiger partial charge on any atom is -0.352 e. The monoisotopic (exact) mass is 208 g/mol. The fourth-order valence-corrected chi connectivity index (χ4v) is 1.26. The van der Waals surface area contributed by atoms with Crippen molar-refractivity contribution in [2.45, 2.75) is 32.9 Å². The molecule has 0 radical (unpaired) electrons. The minimum atomic E-state index is -0.0661. The Balaban J connectivity index is 2.54. The number of rotatable bonds is 5. The predicted molar refractivity (Wildman–Crippen MR) is 57.7 cm³/mol. The molecule has 0 aliphatic heterocycles. The Kier molecular flexibility index (Phi) is 4.09. The van der Waals surface area contributed by atoms with Crippen LogP contribution >= 0.6 is 0 Å². The highest BCUT2D eigenvalue weighted by atomic mass is 16.2. The van der Waals surface area contributed by atoms with Crippen molar-refractivity contribution in [1.29, 1.82) is 0 Å². The molecule has 1 rings (SSSR count). The molecule has 4 nitrogen and oxygen atoms in total. The number of carbonyl (C=O) groups is 2. The summed E-state index contributed by atoms with van der Waals surface area (Å²) >= 11 is 0. The second-order valence-electron chi connectivity index (χ2n) is 3.56. The molecule has 0 aromatic carbocycles. The summed E-state index contributed by atoms with van der Waals surface area (Å²) in [6.07, 6.45) is 3.37. The fraction of sp³-hybridized carbons (Fsp3) is 0.455. The highest BCUT2D eigenvalue weighted by Gasteiger charge is 2.07. The largest absolute Gasteiger partial charge is 0.352 e. The van der Waals surface area contributed by atoms with E-state index in [-0.39, 0.29) is 18.5 Å². The molecular formula is C11H16N2O2. The first-order valence-corrected chi connectivity index (χ1v) is 5.07. The van der Waals surface area contributed by atoms with Crippen molar-refractivity contribution >= 4 is 12.2 Å². The van der Waals surface area contributed by atoms with Crippen molar-refractivity contribution in [3.05, 3.63) is 24.0 Å². The smallest absolute Gasteiger partial charge is 0.240 e. The highest BCUT2D eigenvalue weighted by molar-refractivity contribution is 5.78. The topological polar surface area (TPSA) is 51.1 Å². The molecule has 0 fully saturated rings. The summed E-state index contributed by atoms with van der Waals surface area (Å²) in [4.78, 5) is 22.1. The molecule has 1 atom stereocenters. The molecule has 15 heavy (non-hydrogen) atoms. The van der Waals surface area contributed by atoms with Gasteiger partial charge in [0.1, 0.15) is 6.54 Å². The summed E-state index contributed by atoms with van der Waals surface area (Å²) in [5.41, 5.74) is 0.523. The van der Waals surface area contributed by atoms with Gasteiger partial charge >= 0.3 is 0 Å². The van der Waals surface area contributed by atoms with Crippen LogP contribution in [0.25, 0.3) is 0 Å². The van der Waals surface area contributed by atoms with Crippen molar-refractivity contribution in [3.8, 4) is 0 Å². The van der Waals surface area contributed by atoms with E-state index in [0.29, 0.717) is 5.69 Å². The van der Waals surface area contributed by atoms with Crippen LogP contribution in [0.2, 0.25) is 0 Å². The maximum Gasteiger partial charge on any atom is 0.240 e. The molecule has 0 spiro atoms. The van der Waals surface area contributed by atoms with Crippen molar-refractivity contribution in [2.24, 2.45) is 0 Å². The molecule has 0 saturated carbocycles. The molecule has 1 amide bonds. The second kappa shape index (κ2) is 5.34. The Morgan fingerprint density at radius 3 is 3.00 bits per heavy atom. The van der Waals surface area contributed by atoms with Crippen molar-refractivity contribution in [3.63, 3.8) is 0 Å². The molecule has 1 aromatic rings. The lowest BCUT2D eigenvalue weighted by Gasteiger charge is -2.12. The van der Waals surface area contributed by atoms with Gasteiger partial charge in [-0.3, -0.25) is 9.59 Å². The lowest BCUT2D eigenvalue weighted by Crippen LogP contribution is -2.34. The number of amides is 1. The van der Waals surface area contributed by atoms with Crippen LogP contribution in [0, 0.1) is 0 Å². The first-order valence-electron chi connectivity index (χ1n) is 5.07. The standard InChI is InChI=1S/C11H16N2O2/c1-3-9(2)12-11(15)7-13-6-4-5-10(13)8-14/h4-6,8-9H,3,7H2,1-2H3,(H,12,15). The van der Waals surface area contributed by atoms with E-state index in [4.69, 9.17) is 0 Å². The zero-order valence-corrected chi connectivity index (χ0v) is 9.06. The van der Waals surface area contributed by atoms with Gasteiger partial charge in [0.15, 0.2) is 6.29 Å². The number of aldehydes is 1. The summed E-state index contributed by atoms with van der Waals surface area (Å²) in [5, 5.41) is 2.84. The second-order valence-corrected chi connectivity index (χ2v) is 3.56. The van der Waals surface area contributed by atoms with E-state index >= 15 is 0 Å². The van der Waals surface area contributed by atoms with Crippen LogP contribution in [0.4, 0.5) is 0 Å². The van der Waals surface area contributed by atoms with Crippen LogP contribution in [0.15, 0.2) is 18.3 Å². The number of aromatic nitrogens is 1. The molecular weight excluding hydrogens is 192 g/mol. The van der Waals surface area contributed by atoms with Crippen molar-refractivity contribution in [1.82, 2.24) is 9.88 Å². The van der Waals surface area contributed by atoms with Gasteiger partial charge in [0.2, 0.25) is 5.91 Å². The lowest BCUT2D eigenvalue weighted by molar-refractivity contribution is -0.122. The molecule has 0 aliphatic carbocycles. The van der Waals surface area contributed by atoms with Crippen molar-refractivity contribution in [2.75, 3.05) is 0 Å². The third-order valence-electron chi connectivity index (χ3n) is 2.32. The number of hydrogen-bond donors (Lipinski definition) is 1. The summed E-state index contributed by atoms with van der Waals surface area (Å²) in [5.74, 6) is -0.0661. The third-order valence-corrected chi connectivity index (χ3v) is 2.32. The van der Waals surface area contributed by atoms with Gasteiger partial charge in [-0.15, -0.1) is 0 Å². The number of nitrogens with one attached hydrogen (secondary N) is 1.